The minimum absolute atomic E-state index is 0.150. The average molecular weight is 286 g/mol. The maximum atomic E-state index is 12.0. The van der Waals surface area contributed by atoms with Gasteiger partial charge in [0.15, 0.2) is 0 Å². The van der Waals surface area contributed by atoms with Crippen molar-refractivity contribution in [3.05, 3.63) is 53.8 Å². The van der Waals surface area contributed by atoms with Gasteiger partial charge in [-0.15, -0.1) is 0 Å². The van der Waals surface area contributed by atoms with Crippen LogP contribution in [-0.2, 0) is 0 Å². The average Bonchev–Trinajstić information content (AvgIpc) is 2.47. The molecule has 6 nitrogen and oxygen atoms in total. The smallest absolute Gasteiger partial charge is 0.275 e. The van der Waals surface area contributed by atoms with Gasteiger partial charge in [-0.1, -0.05) is 11.6 Å². The summed E-state index contributed by atoms with van der Waals surface area (Å²) in [6.45, 7) is 0. The minimum atomic E-state index is -0.386. The second-order valence-corrected chi connectivity index (χ2v) is 4.33. The molecule has 0 spiro atoms. The number of amides is 1. The maximum Gasteiger partial charge on any atom is 0.275 e. The lowest BCUT2D eigenvalue weighted by molar-refractivity contribution is 0.102. The van der Waals surface area contributed by atoms with E-state index < -0.39 is 0 Å². The van der Waals surface area contributed by atoms with Crippen LogP contribution in [0.15, 0.2) is 43.0 Å². The number of rotatable bonds is 2. The highest BCUT2D eigenvalue weighted by Crippen LogP contribution is 2.15. The topological polar surface area (TPSA) is 80.7 Å². The van der Waals surface area contributed by atoms with Crippen molar-refractivity contribution in [2.24, 2.45) is 0 Å². The number of fused-ring (bicyclic) bond motifs is 1. The second kappa shape index (κ2) is 5.18. The molecule has 0 atom stereocenters. The first-order valence-corrected chi connectivity index (χ1v) is 6.10. The lowest BCUT2D eigenvalue weighted by Gasteiger charge is -2.05. The molecule has 0 fully saturated rings. The highest BCUT2D eigenvalue weighted by Gasteiger charge is 2.09. The van der Waals surface area contributed by atoms with Crippen molar-refractivity contribution in [1.82, 2.24) is 19.9 Å². The van der Waals surface area contributed by atoms with Crippen molar-refractivity contribution in [2.45, 2.75) is 0 Å². The van der Waals surface area contributed by atoms with Crippen molar-refractivity contribution in [3.8, 4) is 0 Å². The Balaban J connectivity index is 1.87. The van der Waals surface area contributed by atoms with Crippen LogP contribution in [0.4, 0.5) is 5.69 Å². The number of hydrogen-bond donors (Lipinski definition) is 1. The van der Waals surface area contributed by atoms with E-state index in [0.29, 0.717) is 11.2 Å². The zero-order valence-electron chi connectivity index (χ0n) is 10.1. The number of nitrogens with one attached hydrogen (secondary N) is 1. The van der Waals surface area contributed by atoms with Crippen LogP contribution in [0.2, 0.25) is 5.15 Å². The summed E-state index contributed by atoms with van der Waals surface area (Å²) in [7, 11) is 0. The number of anilines is 1. The Bertz CT molecular complexity index is 792. The molecule has 0 radical (unpaired) electrons. The molecule has 7 heteroatoms. The van der Waals surface area contributed by atoms with E-state index in [9.17, 15) is 4.79 Å². The van der Waals surface area contributed by atoms with E-state index in [2.05, 4.69) is 25.3 Å². The van der Waals surface area contributed by atoms with Crippen LogP contribution < -0.4 is 5.32 Å². The first-order valence-electron chi connectivity index (χ1n) is 5.72. The Kier molecular flexibility index (Phi) is 3.22. The molecule has 2 heterocycles. The maximum absolute atomic E-state index is 12.0. The summed E-state index contributed by atoms with van der Waals surface area (Å²) in [5.74, 6) is -0.386. The molecule has 0 bridgehead atoms. The molecule has 2 aromatic heterocycles. The summed E-state index contributed by atoms with van der Waals surface area (Å²) in [6.07, 6.45) is 5.92. The molecule has 0 aliphatic rings. The minimum Gasteiger partial charge on any atom is -0.321 e. The van der Waals surface area contributed by atoms with Crippen LogP contribution >= 0.6 is 11.6 Å². The van der Waals surface area contributed by atoms with Crippen molar-refractivity contribution in [2.75, 3.05) is 5.32 Å². The van der Waals surface area contributed by atoms with E-state index in [1.807, 2.05) is 0 Å². The Morgan fingerprint density at radius 1 is 1.10 bits per heavy atom. The number of halogens is 1. The number of benzene rings is 1. The van der Waals surface area contributed by atoms with Gasteiger partial charge in [0.25, 0.3) is 5.91 Å². The molecule has 3 aromatic rings. The standard InChI is InChI=1S/C13H8ClN5O/c14-12-7-15-6-11(19-12)13(20)18-8-1-2-9-10(5-8)17-4-3-16-9/h1-7H,(H,18,20). The highest BCUT2D eigenvalue weighted by atomic mass is 35.5. The molecule has 3 rings (SSSR count). The normalized spacial score (nSPS) is 10.4. The Morgan fingerprint density at radius 3 is 2.70 bits per heavy atom. The van der Waals surface area contributed by atoms with Gasteiger partial charge in [-0.3, -0.25) is 19.7 Å². The fourth-order valence-corrected chi connectivity index (χ4v) is 1.84. The monoisotopic (exact) mass is 285 g/mol. The molecule has 0 aliphatic carbocycles. The summed E-state index contributed by atoms with van der Waals surface area (Å²) in [6, 6.07) is 5.26. The lowest BCUT2D eigenvalue weighted by atomic mass is 10.2. The molecule has 1 N–H and O–H groups in total. The summed E-state index contributed by atoms with van der Waals surface area (Å²) < 4.78 is 0. The number of carbonyl (C=O) groups is 1. The number of nitrogens with zero attached hydrogens (tertiary/aromatic N) is 4. The highest BCUT2D eigenvalue weighted by molar-refractivity contribution is 6.29. The summed E-state index contributed by atoms with van der Waals surface area (Å²) >= 11 is 5.70. The molecule has 1 amide bonds. The van der Waals surface area contributed by atoms with E-state index in [0.717, 1.165) is 5.52 Å². The molecule has 98 valence electrons. The molecular formula is C13H8ClN5O. The molecule has 0 unspecified atom stereocenters. The number of carbonyl (C=O) groups excluding carboxylic acids is 1. The van der Waals surface area contributed by atoms with Gasteiger partial charge >= 0.3 is 0 Å². The molecule has 0 saturated heterocycles. The van der Waals surface area contributed by atoms with Gasteiger partial charge in [0.2, 0.25) is 0 Å². The predicted molar refractivity (Wildman–Crippen MR) is 74.5 cm³/mol. The lowest BCUT2D eigenvalue weighted by Crippen LogP contribution is -2.14. The van der Waals surface area contributed by atoms with Gasteiger partial charge < -0.3 is 5.32 Å². The zero-order valence-corrected chi connectivity index (χ0v) is 10.9. The largest absolute Gasteiger partial charge is 0.321 e. The molecule has 0 saturated carbocycles. The summed E-state index contributed by atoms with van der Waals surface area (Å²) in [5.41, 5.74) is 2.21. The van der Waals surface area contributed by atoms with Gasteiger partial charge in [0, 0.05) is 18.1 Å². The molecular weight excluding hydrogens is 278 g/mol. The van der Waals surface area contributed by atoms with Crippen LogP contribution in [0.1, 0.15) is 10.5 Å². The van der Waals surface area contributed by atoms with Crippen molar-refractivity contribution < 1.29 is 4.79 Å². The van der Waals surface area contributed by atoms with Crippen molar-refractivity contribution in [3.63, 3.8) is 0 Å². The van der Waals surface area contributed by atoms with Gasteiger partial charge in [0.05, 0.1) is 23.4 Å². The predicted octanol–water partition coefficient (Wildman–Crippen LogP) is 2.33. The van der Waals surface area contributed by atoms with E-state index >= 15 is 0 Å². The van der Waals surface area contributed by atoms with Gasteiger partial charge in [-0.05, 0) is 18.2 Å². The van der Waals surface area contributed by atoms with E-state index in [4.69, 9.17) is 11.6 Å². The molecule has 20 heavy (non-hydrogen) atoms. The first-order chi connectivity index (χ1) is 9.72. The van der Waals surface area contributed by atoms with Crippen molar-refractivity contribution in [1.29, 1.82) is 0 Å². The van der Waals surface area contributed by atoms with E-state index in [-0.39, 0.29) is 16.8 Å². The molecule has 1 aromatic carbocycles. The van der Waals surface area contributed by atoms with Crippen LogP contribution in [-0.4, -0.2) is 25.8 Å². The fraction of sp³-hybridized carbons (Fsp3) is 0. The van der Waals surface area contributed by atoms with Crippen LogP contribution in [0.3, 0.4) is 0 Å². The summed E-state index contributed by atoms with van der Waals surface area (Å²) in [5, 5.41) is 2.88. The Hall–Kier alpha value is -2.60. The second-order valence-electron chi connectivity index (χ2n) is 3.94. The van der Waals surface area contributed by atoms with E-state index in [1.165, 1.54) is 12.4 Å². The van der Waals surface area contributed by atoms with E-state index in [1.54, 1.807) is 30.6 Å². The first kappa shape index (κ1) is 12.4. The molecule has 0 aliphatic heterocycles. The Morgan fingerprint density at radius 2 is 1.90 bits per heavy atom. The number of aromatic nitrogens is 4. The van der Waals surface area contributed by atoms with Crippen LogP contribution in [0.25, 0.3) is 11.0 Å². The fourth-order valence-electron chi connectivity index (χ4n) is 1.69. The van der Waals surface area contributed by atoms with Gasteiger partial charge in [-0.2, -0.15) is 0 Å². The third kappa shape index (κ3) is 2.55. The quantitative estimate of drug-likeness (QED) is 0.781. The third-order valence-corrected chi connectivity index (χ3v) is 2.75. The third-order valence-electron chi connectivity index (χ3n) is 2.56. The van der Waals surface area contributed by atoms with Crippen molar-refractivity contribution >= 4 is 34.2 Å². The SMILES string of the molecule is O=C(Nc1ccc2nccnc2c1)c1cncc(Cl)n1. The number of hydrogen-bond acceptors (Lipinski definition) is 5. The van der Waals surface area contributed by atoms with Gasteiger partial charge in [0.1, 0.15) is 10.8 Å². The van der Waals surface area contributed by atoms with Gasteiger partial charge in [-0.25, -0.2) is 4.98 Å². The Labute approximate surface area is 118 Å². The van der Waals surface area contributed by atoms with Crippen LogP contribution in [0.5, 0.6) is 0 Å². The summed E-state index contributed by atoms with van der Waals surface area (Å²) in [4.78, 5) is 28.0. The van der Waals surface area contributed by atoms with Crippen LogP contribution in [0, 0.1) is 0 Å². The zero-order chi connectivity index (χ0) is 13.9.